The second-order valence-electron chi connectivity index (χ2n) is 3.26. The Kier molecular flexibility index (Phi) is 4.19. The van der Waals surface area contributed by atoms with Crippen molar-refractivity contribution in [2.45, 2.75) is 0 Å². The summed E-state index contributed by atoms with van der Waals surface area (Å²) >= 11 is 0. The van der Waals surface area contributed by atoms with Crippen LogP contribution in [0, 0.1) is 10.1 Å². The summed E-state index contributed by atoms with van der Waals surface area (Å²) in [5.41, 5.74) is 0.272. The summed E-state index contributed by atoms with van der Waals surface area (Å²) < 4.78 is 5.11. The molecule has 96 valence electrons. The van der Waals surface area contributed by atoms with E-state index in [4.69, 9.17) is 10.6 Å². The molecule has 1 rings (SSSR count). The van der Waals surface area contributed by atoms with Gasteiger partial charge in [-0.3, -0.25) is 10.1 Å². The average molecular weight is 251 g/mol. The molecule has 0 unspecified atom stereocenters. The van der Waals surface area contributed by atoms with Gasteiger partial charge in [-0.05, 0) is 6.07 Å². The number of hydrogen-bond acceptors (Lipinski definition) is 6. The summed E-state index contributed by atoms with van der Waals surface area (Å²) in [4.78, 5) is 10.2. The third kappa shape index (κ3) is 2.54. The van der Waals surface area contributed by atoms with Crippen LogP contribution in [0.25, 0.3) is 0 Å². The largest absolute Gasteiger partial charge is 0.496 e. The number of non-ortho nitro benzene ring substituents is 1. The zero-order chi connectivity index (χ0) is 13.7. The number of nitro groups is 1. The fourth-order valence-corrected chi connectivity index (χ4v) is 1.38. The molecular formula is C10H13N5O3. The maximum Gasteiger partial charge on any atom is 0.270 e. The minimum atomic E-state index is -0.515. The number of amidine groups is 1. The van der Waals surface area contributed by atoms with Gasteiger partial charge in [-0.2, -0.15) is 10.2 Å². The quantitative estimate of drug-likeness (QED) is 0.279. The first kappa shape index (κ1) is 13.4. The van der Waals surface area contributed by atoms with Gasteiger partial charge < -0.3 is 10.6 Å². The summed E-state index contributed by atoms with van der Waals surface area (Å²) in [5, 5.41) is 19.2. The van der Waals surface area contributed by atoms with Crippen molar-refractivity contribution in [3.8, 4) is 5.75 Å². The van der Waals surface area contributed by atoms with Crippen LogP contribution >= 0.6 is 0 Å². The molecule has 0 aliphatic carbocycles. The Morgan fingerprint density at radius 3 is 2.72 bits per heavy atom. The van der Waals surface area contributed by atoms with Crippen LogP contribution in [-0.4, -0.2) is 36.6 Å². The lowest BCUT2D eigenvalue weighted by Gasteiger charge is -2.16. The van der Waals surface area contributed by atoms with Gasteiger partial charge in [0.05, 0.1) is 17.6 Å². The van der Waals surface area contributed by atoms with E-state index in [-0.39, 0.29) is 11.5 Å². The second-order valence-corrected chi connectivity index (χ2v) is 3.26. The van der Waals surface area contributed by atoms with E-state index in [1.807, 2.05) is 0 Å². The first-order chi connectivity index (χ1) is 8.54. The van der Waals surface area contributed by atoms with E-state index in [9.17, 15) is 10.1 Å². The smallest absolute Gasteiger partial charge is 0.270 e. The van der Waals surface area contributed by atoms with Crippen molar-refractivity contribution in [3.05, 3.63) is 33.9 Å². The van der Waals surface area contributed by atoms with Crippen molar-refractivity contribution in [2.24, 2.45) is 16.0 Å². The molecule has 0 aliphatic heterocycles. The molecule has 0 saturated heterocycles. The van der Waals surface area contributed by atoms with E-state index in [0.717, 1.165) is 0 Å². The van der Waals surface area contributed by atoms with E-state index >= 15 is 0 Å². The summed E-state index contributed by atoms with van der Waals surface area (Å²) in [5.74, 6) is 5.88. The van der Waals surface area contributed by atoms with Crippen LogP contribution in [0.15, 0.2) is 28.4 Å². The third-order valence-electron chi connectivity index (χ3n) is 2.28. The van der Waals surface area contributed by atoms with Crippen LogP contribution in [0.3, 0.4) is 0 Å². The zero-order valence-corrected chi connectivity index (χ0v) is 10.0. The fourth-order valence-electron chi connectivity index (χ4n) is 1.38. The molecule has 1 aromatic rings. The number of nitrogens with two attached hydrogens (primary N) is 1. The number of hydrogen-bond donors (Lipinski definition) is 1. The fraction of sp³-hybridized carbons (Fsp3) is 0.200. The van der Waals surface area contributed by atoms with Gasteiger partial charge in [0.25, 0.3) is 5.69 Å². The predicted octanol–water partition coefficient (Wildman–Crippen LogP) is 0.771. The molecule has 0 spiro atoms. The van der Waals surface area contributed by atoms with E-state index in [1.54, 1.807) is 7.05 Å². The molecular weight excluding hydrogens is 238 g/mol. The first-order valence-corrected chi connectivity index (χ1v) is 4.86. The predicted molar refractivity (Wildman–Crippen MR) is 67.7 cm³/mol. The van der Waals surface area contributed by atoms with Crippen LogP contribution in [0.1, 0.15) is 5.56 Å². The van der Waals surface area contributed by atoms with E-state index in [1.165, 1.54) is 30.3 Å². The van der Waals surface area contributed by atoms with Crippen molar-refractivity contribution < 1.29 is 9.66 Å². The maximum atomic E-state index is 10.7. The van der Waals surface area contributed by atoms with Crippen molar-refractivity contribution in [3.63, 3.8) is 0 Å². The van der Waals surface area contributed by atoms with Crippen LogP contribution in [-0.2, 0) is 0 Å². The van der Waals surface area contributed by atoms with Crippen LogP contribution in [0.5, 0.6) is 5.75 Å². The minimum Gasteiger partial charge on any atom is -0.496 e. The third-order valence-corrected chi connectivity index (χ3v) is 2.28. The van der Waals surface area contributed by atoms with Crippen molar-refractivity contribution in [2.75, 3.05) is 14.2 Å². The highest BCUT2D eigenvalue weighted by atomic mass is 16.6. The summed E-state index contributed by atoms with van der Waals surface area (Å²) in [6, 6.07) is 4.11. The summed E-state index contributed by atoms with van der Waals surface area (Å²) in [7, 11) is 3.01. The highest BCUT2D eigenvalue weighted by Gasteiger charge is 2.18. The number of methoxy groups -OCH3 is 1. The molecule has 0 amide bonds. The van der Waals surface area contributed by atoms with Gasteiger partial charge >= 0.3 is 0 Å². The lowest BCUT2D eigenvalue weighted by molar-refractivity contribution is -0.384. The molecule has 0 atom stereocenters. The molecule has 0 heterocycles. The average Bonchev–Trinajstić information content (AvgIpc) is 2.39. The lowest BCUT2D eigenvalue weighted by Crippen LogP contribution is -2.24. The summed E-state index contributed by atoms with van der Waals surface area (Å²) in [6.07, 6.45) is 0. The maximum absolute atomic E-state index is 10.7. The Morgan fingerprint density at radius 2 is 2.28 bits per heavy atom. The van der Waals surface area contributed by atoms with Gasteiger partial charge in [-0.15, -0.1) is 0 Å². The van der Waals surface area contributed by atoms with Gasteiger partial charge in [0.15, 0.2) is 5.84 Å². The number of rotatable bonds is 4. The highest BCUT2D eigenvalue weighted by molar-refractivity contribution is 6.01. The molecule has 8 nitrogen and oxygen atoms in total. The Hall–Kier alpha value is -2.64. The molecule has 0 radical (unpaired) electrons. The monoisotopic (exact) mass is 251 g/mol. The van der Waals surface area contributed by atoms with E-state index in [2.05, 4.69) is 16.9 Å². The van der Waals surface area contributed by atoms with Gasteiger partial charge in [-0.25, -0.2) is 5.01 Å². The Labute approximate surface area is 103 Å². The first-order valence-electron chi connectivity index (χ1n) is 4.86. The van der Waals surface area contributed by atoms with Gasteiger partial charge in [-0.1, -0.05) is 0 Å². The van der Waals surface area contributed by atoms with E-state index < -0.39 is 4.92 Å². The number of benzene rings is 1. The Balaban J connectivity index is 3.39. The van der Waals surface area contributed by atoms with Crippen molar-refractivity contribution in [1.82, 2.24) is 5.01 Å². The molecule has 1 aromatic carbocycles. The van der Waals surface area contributed by atoms with Crippen LogP contribution in [0.4, 0.5) is 5.69 Å². The number of hydrazone groups is 2. The minimum absolute atomic E-state index is 0.0931. The van der Waals surface area contributed by atoms with Crippen LogP contribution < -0.4 is 10.6 Å². The number of nitrogens with zero attached hydrogens (tertiary/aromatic N) is 4. The Bertz CT molecular complexity index is 500. The molecule has 8 heteroatoms. The molecule has 0 aliphatic rings. The van der Waals surface area contributed by atoms with Crippen molar-refractivity contribution >= 4 is 18.2 Å². The van der Waals surface area contributed by atoms with E-state index in [0.29, 0.717) is 11.3 Å². The lowest BCUT2D eigenvalue weighted by atomic mass is 10.1. The molecule has 18 heavy (non-hydrogen) atoms. The SMILES string of the molecule is C=NN(C)/C(=N\N)c1cc([N+](=O)[O-])ccc1OC. The molecule has 0 bridgehead atoms. The zero-order valence-electron chi connectivity index (χ0n) is 10.0. The van der Waals surface area contributed by atoms with Crippen LogP contribution in [0.2, 0.25) is 0 Å². The van der Waals surface area contributed by atoms with Gasteiger partial charge in [0.2, 0.25) is 0 Å². The van der Waals surface area contributed by atoms with Gasteiger partial charge in [0, 0.05) is 25.9 Å². The standard InChI is InChI=1S/C10H13N5O3/c1-12-14(2)10(13-11)8-6-7(15(16)17)4-5-9(8)18-3/h4-6H,1,11H2,2-3H3/b13-10-. The normalized spacial score (nSPS) is 10.9. The molecule has 2 N–H and O–H groups in total. The van der Waals surface area contributed by atoms with Gasteiger partial charge in [0.1, 0.15) is 5.75 Å². The molecule has 0 saturated carbocycles. The van der Waals surface area contributed by atoms with Crippen molar-refractivity contribution in [1.29, 1.82) is 0 Å². The topological polar surface area (TPSA) is 106 Å². The molecule has 0 aromatic heterocycles. The second kappa shape index (κ2) is 5.62. The number of nitro benzene ring substituents is 1. The Morgan fingerprint density at radius 1 is 1.61 bits per heavy atom. The highest BCUT2D eigenvalue weighted by Crippen LogP contribution is 2.25. The molecule has 0 fully saturated rings. The number of ether oxygens (including phenoxy) is 1. The summed E-state index contributed by atoms with van der Waals surface area (Å²) in [6.45, 7) is 3.33.